The molecule has 0 radical (unpaired) electrons. The normalized spacial score (nSPS) is 12.8. The second-order valence-electron chi connectivity index (χ2n) is 6.49. The summed E-state index contributed by atoms with van der Waals surface area (Å²) in [6.07, 6.45) is 8.06. The molecular weight excluding hydrogens is 302 g/mol. The summed E-state index contributed by atoms with van der Waals surface area (Å²) in [5.74, 6) is 2.23. The van der Waals surface area contributed by atoms with Gasteiger partial charge in [-0.2, -0.15) is 0 Å². The number of nitrogens with zero attached hydrogens (tertiary/aromatic N) is 3. The Bertz CT molecular complexity index is 703. The number of rotatable bonds is 7. The molecule has 0 aliphatic rings. The first-order valence-electron chi connectivity index (χ1n) is 8.31. The molecule has 0 amide bonds. The number of hydrogen-bond donors (Lipinski definition) is 0. The Hall–Kier alpha value is -1.81. The second-order valence-corrected chi connectivity index (χ2v) is 7.60. The molecule has 3 rings (SSSR count). The van der Waals surface area contributed by atoms with Gasteiger partial charge in [-0.05, 0) is 36.5 Å². The number of fused-ring (bicyclic) bond motifs is 1. The molecule has 4 heteroatoms. The SMILES string of the molecule is CC(C)CCC(Cc1ncccn1)Cc1nc2ccccc2s1. The van der Waals surface area contributed by atoms with Gasteiger partial charge in [0.2, 0.25) is 0 Å². The molecule has 1 unspecified atom stereocenters. The van der Waals surface area contributed by atoms with Gasteiger partial charge < -0.3 is 0 Å². The summed E-state index contributed by atoms with van der Waals surface area (Å²) in [6.45, 7) is 4.57. The molecule has 0 saturated carbocycles. The summed E-state index contributed by atoms with van der Waals surface area (Å²) in [5, 5.41) is 1.23. The van der Waals surface area contributed by atoms with Gasteiger partial charge >= 0.3 is 0 Å². The fourth-order valence-electron chi connectivity index (χ4n) is 2.79. The molecule has 0 aliphatic carbocycles. The van der Waals surface area contributed by atoms with E-state index in [-0.39, 0.29) is 0 Å². The lowest BCUT2D eigenvalue weighted by molar-refractivity contribution is 0.412. The van der Waals surface area contributed by atoms with Crippen molar-refractivity contribution in [3.8, 4) is 0 Å². The minimum absolute atomic E-state index is 0.556. The molecule has 23 heavy (non-hydrogen) atoms. The fourth-order valence-corrected chi connectivity index (χ4v) is 3.87. The van der Waals surface area contributed by atoms with E-state index in [9.17, 15) is 0 Å². The Morgan fingerprint density at radius 1 is 0.957 bits per heavy atom. The smallest absolute Gasteiger partial charge is 0.128 e. The van der Waals surface area contributed by atoms with Crippen LogP contribution in [0.3, 0.4) is 0 Å². The zero-order chi connectivity index (χ0) is 16.1. The molecule has 2 heterocycles. The molecule has 3 nitrogen and oxygen atoms in total. The number of benzene rings is 1. The van der Waals surface area contributed by atoms with Crippen LogP contribution in [-0.2, 0) is 12.8 Å². The third-order valence-electron chi connectivity index (χ3n) is 4.04. The van der Waals surface area contributed by atoms with E-state index >= 15 is 0 Å². The maximum Gasteiger partial charge on any atom is 0.128 e. The van der Waals surface area contributed by atoms with Crippen molar-refractivity contribution in [3.63, 3.8) is 0 Å². The number of hydrogen-bond acceptors (Lipinski definition) is 4. The van der Waals surface area contributed by atoms with Gasteiger partial charge in [0.1, 0.15) is 5.82 Å². The maximum atomic E-state index is 4.80. The van der Waals surface area contributed by atoms with Crippen molar-refractivity contribution >= 4 is 21.6 Å². The topological polar surface area (TPSA) is 38.7 Å². The van der Waals surface area contributed by atoms with Crippen molar-refractivity contribution < 1.29 is 0 Å². The van der Waals surface area contributed by atoms with Gasteiger partial charge in [0.15, 0.2) is 0 Å². The summed E-state index contributed by atoms with van der Waals surface area (Å²) >= 11 is 1.82. The third-order valence-corrected chi connectivity index (χ3v) is 5.10. The van der Waals surface area contributed by atoms with Crippen molar-refractivity contribution in [1.29, 1.82) is 0 Å². The van der Waals surface area contributed by atoms with E-state index in [1.807, 2.05) is 29.8 Å². The van der Waals surface area contributed by atoms with Gasteiger partial charge in [-0.3, -0.25) is 0 Å². The lowest BCUT2D eigenvalue weighted by atomic mass is 9.92. The molecule has 0 fully saturated rings. The highest BCUT2D eigenvalue weighted by atomic mass is 32.1. The first kappa shape index (κ1) is 16.1. The van der Waals surface area contributed by atoms with Gasteiger partial charge in [-0.15, -0.1) is 11.3 Å². The van der Waals surface area contributed by atoms with Crippen LogP contribution < -0.4 is 0 Å². The predicted molar refractivity (Wildman–Crippen MR) is 96.6 cm³/mol. The average molecular weight is 325 g/mol. The molecule has 0 N–H and O–H groups in total. The standard InChI is InChI=1S/C19H23N3S/c1-14(2)8-9-15(12-18-20-10-5-11-21-18)13-19-22-16-6-3-4-7-17(16)23-19/h3-7,10-11,14-15H,8-9,12-13H2,1-2H3. The Morgan fingerprint density at radius 2 is 1.74 bits per heavy atom. The summed E-state index contributed by atoms with van der Waals surface area (Å²) < 4.78 is 1.28. The second kappa shape index (κ2) is 7.64. The van der Waals surface area contributed by atoms with Crippen molar-refractivity contribution in [3.05, 3.63) is 53.6 Å². The molecule has 0 aliphatic heterocycles. The van der Waals surface area contributed by atoms with E-state index < -0.39 is 0 Å². The minimum atomic E-state index is 0.556. The molecule has 2 aromatic heterocycles. The van der Waals surface area contributed by atoms with E-state index in [1.165, 1.54) is 22.5 Å². The van der Waals surface area contributed by atoms with Crippen LogP contribution >= 0.6 is 11.3 Å². The van der Waals surface area contributed by atoms with Crippen LogP contribution in [0.1, 0.15) is 37.5 Å². The Balaban J connectivity index is 1.74. The molecule has 0 spiro atoms. The lowest BCUT2D eigenvalue weighted by Gasteiger charge is -2.16. The predicted octanol–water partition coefficient (Wildman–Crippen LogP) is 4.92. The highest BCUT2D eigenvalue weighted by molar-refractivity contribution is 7.18. The fraction of sp³-hybridized carbons (Fsp3) is 0.421. The molecular formula is C19H23N3S. The van der Waals surface area contributed by atoms with Gasteiger partial charge in [0.05, 0.1) is 15.2 Å². The monoisotopic (exact) mass is 325 g/mol. The maximum absolute atomic E-state index is 4.80. The number of aromatic nitrogens is 3. The number of thiazole rings is 1. The van der Waals surface area contributed by atoms with E-state index in [4.69, 9.17) is 4.98 Å². The zero-order valence-electron chi connectivity index (χ0n) is 13.8. The Morgan fingerprint density at radius 3 is 2.48 bits per heavy atom. The molecule has 120 valence electrons. The third kappa shape index (κ3) is 4.58. The minimum Gasteiger partial charge on any atom is -0.241 e. The largest absolute Gasteiger partial charge is 0.241 e. The van der Waals surface area contributed by atoms with E-state index in [1.54, 1.807) is 0 Å². The quantitative estimate of drug-likeness (QED) is 0.618. The zero-order valence-corrected chi connectivity index (χ0v) is 14.6. The van der Waals surface area contributed by atoms with E-state index in [0.717, 1.165) is 30.1 Å². The molecule has 3 aromatic rings. The van der Waals surface area contributed by atoms with Crippen molar-refractivity contribution in [2.24, 2.45) is 11.8 Å². The van der Waals surface area contributed by atoms with E-state index in [0.29, 0.717) is 5.92 Å². The summed E-state index contributed by atoms with van der Waals surface area (Å²) in [5.41, 5.74) is 1.12. The molecule has 0 saturated heterocycles. The highest BCUT2D eigenvalue weighted by Crippen LogP contribution is 2.26. The van der Waals surface area contributed by atoms with Gasteiger partial charge in [-0.25, -0.2) is 15.0 Å². The van der Waals surface area contributed by atoms with Crippen LogP contribution in [0.5, 0.6) is 0 Å². The van der Waals surface area contributed by atoms with Crippen LogP contribution in [0.2, 0.25) is 0 Å². The van der Waals surface area contributed by atoms with Crippen LogP contribution in [0, 0.1) is 11.8 Å². The van der Waals surface area contributed by atoms with Crippen LogP contribution in [0.25, 0.3) is 10.2 Å². The first-order chi connectivity index (χ1) is 11.2. The van der Waals surface area contributed by atoms with Gasteiger partial charge in [0.25, 0.3) is 0 Å². The molecule has 0 bridgehead atoms. The van der Waals surface area contributed by atoms with Gasteiger partial charge in [-0.1, -0.05) is 32.4 Å². The Kier molecular flexibility index (Phi) is 5.34. The average Bonchev–Trinajstić information content (AvgIpc) is 2.96. The van der Waals surface area contributed by atoms with E-state index in [2.05, 4.69) is 48.1 Å². The van der Waals surface area contributed by atoms with Crippen LogP contribution in [0.15, 0.2) is 42.7 Å². The summed E-state index contributed by atoms with van der Waals surface area (Å²) in [4.78, 5) is 13.6. The first-order valence-corrected chi connectivity index (χ1v) is 9.12. The van der Waals surface area contributed by atoms with Crippen LogP contribution in [-0.4, -0.2) is 15.0 Å². The van der Waals surface area contributed by atoms with Crippen LogP contribution in [0.4, 0.5) is 0 Å². The number of para-hydroxylation sites is 1. The van der Waals surface area contributed by atoms with Gasteiger partial charge in [0, 0.05) is 25.2 Å². The summed E-state index contributed by atoms with van der Waals surface area (Å²) in [7, 11) is 0. The highest BCUT2D eigenvalue weighted by Gasteiger charge is 2.15. The molecule has 1 atom stereocenters. The van der Waals surface area contributed by atoms with Crippen molar-refractivity contribution in [2.45, 2.75) is 39.5 Å². The summed E-state index contributed by atoms with van der Waals surface area (Å²) in [6, 6.07) is 10.3. The molecule has 1 aromatic carbocycles. The van der Waals surface area contributed by atoms with Crippen molar-refractivity contribution in [2.75, 3.05) is 0 Å². The van der Waals surface area contributed by atoms with Crippen molar-refractivity contribution in [1.82, 2.24) is 15.0 Å². The lowest BCUT2D eigenvalue weighted by Crippen LogP contribution is -2.11. The Labute approximate surface area is 141 Å².